The molecule has 0 radical (unpaired) electrons. The van der Waals surface area contributed by atoms with Gasteiger partial charge < -0.3 is 10.4 Å². The second-order valence-electron chi connectivity index (χ2n) is 7.77. The number of halogens is 1. The summed E-state index contributed by atoms with van der Waals surface area (Å²) in [4.78, 5) is 14.2. The highest BCUT2D eigenvalue weighted by atomic mass is 35.5. The van der Waals surface area contributed by atoms with Crippen molar-refractivity contribution in [1.82, 2.24) is 10.2 Å². The molecule has 0 aliphatic rings. The minimum atomic E-state index is 0. The Labute approximate surface area is 184 Å². The average Bonchev–Trinajstić information content (AvgIpc) is 2.71. The van der Waals surface area contributed by atoms with Crippen molar-refractivity contribution >= 4 is 18.3 Å². The summed E-state index contributed by atoms with van der Waals surface area (Å²) in [5.74, 6) is 0.180. The molecule has 0 bridgehead atoms. The van der Waals surface area contributed by atoms with E-state index >= 15 is 0 Å². The predicted molar refractivity (Wildman–Crippen MR) is 126 cm³/mol. The highest BCUT2D eigenvalue weighted by molar-refractivity contribution is 5.85. The quantitative estimate of drug-likeness (QED) is 0.312. The molecule has 1 aromatic rings. The van der Waals surface area contributed by atoms with Gasteiger partial charge in [-0.2, -0.15) is 0 Å². The number of carbonyl (C=O) groups is 1. The van der Waals surface area contributed by atoms with E-state index in [0.717, 1.165) is 25.9 Å². The molecular formula is C24H43ClN2O2. The van der Waals surface area contributed by atoms with Gasteiger partial charge in [-0.3, -0.25) is 9.69 Å². The van der Waals surface area contributed by atoms with Crippen molar-refractivity contribution in [2.24, 2.45) is 0 Å². The summed E-state index contributed by atoms with van der Waals surface area (Å²) in [5, 5.41) is 12.3. The van der Waals surface area contributed by atoms with Gasteiger partial charge in [0.05, 0.1) is 6.61 Å². The maximum Gasteiger partial charge on any atom is 0.219 e. The third-order valence-corrected chi connectivity index (χ3v) is 5.15. The molecule has 168 valence electrons. The molecule has 1 amide bonds. The molecule has 0 saturated carbocycles. The van der Waals surface area contributed by atoms with E-state index in [9.17, 15) is 9.90 Å². The fourth-order valence-electron chi connectivity index (χ4n) is 3.47. The smallest absolute Gasteiger partial charge is 0.219 e. The number of rotatable bonds is 18. The summed E-state index contributed by atoms with van der Waals surface area (Å²) in [6.45, 7) is 5.52. The first kappa shape index (κ1) is 27.9. The lowest BCUT2D eigenvalue weighted by Crippen LogP contribution is -2.31. The number of hydrogen-bond donors (Lipinski definition) is 2. The Hall–Kier alpha value is -1.10. The van der Waals surface area contributed by atoms with Crippen LogP contribution in [0.25, 0.3) is 0 Å². The van der Waals surface area contributed by atoms with Crippen molar-refractivity contribution in [2.45, 2.75) is 84.1 Å². The molecule has 0 unspecified atom stereocenters. The van der Waals surface area contributed by atoms with E-state index in [-0.39, 0.29) is 24.9 Å². The van der Waals surface area contributed by atoms with Crippen molar-refractivity contribution in [3.05, 3.63) is 35.9 Å². The van der Waals surface area contributed by atoms with E-state index < -0.39 is 0 Å². The van der Waals surface area contributed by atoms with E-state index in [4.69, 9.17) is 0 Å². The SMILES string of the molecule is CCCCCCCCCCCC(=O)NCCCN(CCO)Cc1ccccc1.Cl. The first-order valence-electron chi connectivity index (χ1n) is 11.4. The largest absolute Gasteiger partial charge is 0.395 e. The minimum Gasteiger partial charge on any atom is -0.395 e. The van der Waals surface area contributed by atoms with Gasteiger partial charge in [0.2, 0.25) is 5.91 Å². The van der Waals surface area contributed by atoms with Crippen LogP contribution in [0.2, 0.25) is 0 Å². The lowest BCUT2D eigenvalue weighted by Gasteiger charge is -2.21. The molecule has 0 aliphatic carbocycles. The molecule has 1 aromatic carbocycles. The van der Waals surface area contributed by atoms with Crippen LogP contribution >= 0.6 is 12.4 Å². The van der Waals surface area contributed by atoms with E-state index in [1.54, 1.807) is 0 Å². The first-order valence-corrected chi connectivity index (χ1v) is 11.4. The molecule has 0 saturated heterocycles. The molecule has 0 fully saturated rings. The van der Waals surface area contributed by atoms with E-state index in [1.807, 2.05) is 18.2 Å². The molecule has 29 heavy (non-hydrogen) atoms. The van der Waals surface area contributed by atoms with Gasteiger partial charge in [0.15, 0.2) is 0 Å². The number of aliphatic hydroxyl groups is 1. The van der Waals surface area contributed by atoms with Crippen LogP contribution in [0.4, 0.5) is 0 Å². The van der Waals surface area contributed by atoms with Crippen LogP contribution in [-0.4, -0.2) is 42.2 Å². The molecule has 0 aromatic heterocycles. The molecule has 2 N–H and O–H groups in total. The van der Waals surface area contributed by atoms with Crippen LogP contribution in [0, 0.1) is 0 Å². The summed E-state index contributed by atoms with van der Waals surface area (Å²) in [7, 11) is 0. The fourth-order valence-corrected chi connectivity index (χ4v) is 3.47. The Morgan fingerprint density at radius 1 is 0.897 bits per heavy atom. The van der Waals surface area contributed by atoms with E-state index in [0.29, 0.717) is 19.5 Å². The van der Waals surface area contributed by atoms with Gasteiger partial charge in [-0.1, -0.05) is 88.6 Å². The zero-order chi connectivity index (χ0) is 20.3. The van der Waals surface area contributed by atoms with Crippen LogP contribution in [0.15, 0.2) is 30.3 Å². The third kappa shape index (κ3) is 16.4. The summed E-state index contributed by atoms with van der Waals surface area (Å²) in [5.41, 5.74) is 1.25. The Balaban J connectivity index is 0.00000784. The Morgan fingerprint density at radius 3 is 2.14 bits per heavy atom. The first-order chi connectivity index (χ1) is 13.8. The van der Waals surface area contributed by atoms with Gasteiger partial charge in [0.1, 0.15) is 0 Å². The normalized spacial score (nSPS) is 10.7. The Morgan fingerprint density at radius 2 is 1.52 bits per heavy atom. The maximum atomic E-state index is 11.9. The van der Waals surface area contributed by atoms with Crippen molar-refractivity contribution in [3.63, 3.8) is 0 Å². The molecular weight excluding hydrogens is 384 g/mol. The van der Waals surface area contributed by atoms with Crippen LogP contribution in [0.1, 0.15) is 83.1 Å². The van der Waals surface area contributed by atoms with Gasteiger partial charge in [0.25, 0.3) is 0 Å². The van der Waals surface area contributed by atoms with Crippen LogP contribution < -0.4 is 5.32 Å². The van der Waals surface area contributed by atoms with Gasteiger partial charge in [0, 0.05) is 32.6 Å². The minimum absolute atomic E-state index is 0. The van der Waals surface area contributed by atoms with Gasteiger partial charge >= 0.3 is 0 Å². The van der Waals surface area contributed by atoms with Crippen molar-refractivity contribution in [3.8, 4) is 0 Å². The van der Waals surface area contributed by atoms with Crippen molar-refractivity contribution < 1.29 is 9.90 Å². The monoisotopic (exact) mass is 426 g/mol. The van der Waals surface area contributed by atoms with Gasteiger partial charge in [-0.05, 0) is 18.4 Å². The lowest BCUT2D eigenvalue weighted by molar-refractivity contribution is -0.121. The number of nitrogens with one attached hydrogen (secondary N) is 1. The van der Waals surface area contributed by atoms with Gasteiger partial charge in [-0.25, -0.2) is 0 Å². The fraction of sp³-hybridized carbons (Fsp3) is 0.708. The van der Waals surface area contributed by atoms with E-state index in [1.165, 1.54) is 56.9 Å². The Bertz CT molecular complexity index is 485. The third-order valence-electron chi connectivity index (χ3n) is 5.15. The van der Waals surface area contributed by atoms with Crippen LogP contribution in [0.5, 0.6) is 0 Å². The van der Waals surface area contributed by atoms with Gasteiger partial charge in [-0.15, -0.1) is 12.4 Å². The lowest BCUT2D eigenvalue weighted by atomic mass is 10.1. The second kappa shape index (κ2) is 20.2. The molecule has 0 aliphatic heterocycles. The standard InChI is InChI=1S/C24H42N2O2.ClH/c1-2-3-4-5-6-7-8-9-13-17-24(28)25-18-14-19-26(20-21-27)22-23-15-11-10-12-16-23;/h10-12,15-16,27H,2-9,13-14,17-22H2,1H3,(H,25,28);1H. The number of benzene rings is 1. The zero-order valence-electron chi connectivity index (χ0n) is 18.4. The number of unbranched alkanes of at least 4 members (excludes halogenated alkanes) is 8. The van der Waals surface area contributed by atoms with Crippen molar-refractivity contribution in [1.29, 1.82) is 0 Å². The van der Waals surface area contributed by atoms with Crippen LogP contribution in [-0.2, 0) is 11.3 Å². The summed E-state index contributed by atoms with van der Waals surface area (Å²) < 4.78 is 0. The molecule has 4 nitrogen and oxygen atoms in total. The predicted octanol–water partition coefficient (Wildman–Crippen LogP) is 5.33. The summed E-state index contributed by atoms with van der Waals surface area (Å²) in [6, 6.07) is 10.3. The number of amides is 1. The molecule has 5 heteroatoms. The average molecular weight is 427 g/mol. The van der Waals surface area contributed by atoms with Crippen LogP contribution in [0.3, 0.4) is 0 Å². The number of hydrogen-bond acceptors (Lipinski definition) is 3. The summed E-state index contributed by atoms with van der Waals surface area (Å²) in [6.07, 6.45) is 13.1. The second-order valence-corrected chi connectivity index (χ2v) is 7.77. The molecule has 0 atom stereocenters. The number of nitrogens with zero attached hydrogens (tertiary/aromatic N) is 1. The highest BCUT2D eigenvalue weighted by Gasteiger charge is 2.06. The summed E-state index contributed by atoms with van der Waals surface area (Å²) >= 11 is 0. The topological polar surface area (TPSA) is 52.6 Å². The number of carbonyl (C=O) groups excluding carboxylic acids is 1. The zero-order valence-corrected chi connectivity index (χ0v) is 19.2. The molecule has 1 rings (SSSR count). The maximum absolute atomic E-state index is 11.9. The highest BCUT2D eigenvalue weighted by Crippen LogP contribution is 2.10. The Kier molecular flexibility index (Phi) is 19.4. The molecule has 0 heterocycles. The molecule has 0 spiro atoms. The number of aliphatic hydroxyl groups excluding tert-OH is 1. The van der Waals surface area contributed by atoms with E-state index in [2.05, 4.69) is 29.3 Å². The van der Waals surface area contributed by atoms with Crippen molar-refractivity contribution in [2.75, 3.05) is 26.2 Å².